The molecule has 1 aliphatic carbocycles. The Morgan fingerprint density at radius 1 is 1.38 bits per heavy atom. The molecular formula is C17H21FN2S. The number of aromatic nitrogens is 1. The van der Waals surface area contributed by atoms with Gasteiger partial charge >= 0.3 is 0 Å². The zero-order chi connectivity index (χ0) is 15.3. The topological polar surface area (TPSA) is 38.9 Å². The molecule has 2 N–H and O–H groups in total. The zero-order valence-corrected chi connectivity index (χ0v) is 13.6. The second-order valence-corrected chi connectivity index (χ2v) is 7.95. The minimum atomic E-state index is -0.407. The first-order valence-electron chi connectivity index (χ1n) is 7.31. The summed E-state index contributed by atoms with van der Waals surface area (Å²) in [6.07, 6.45) is 2.43. The van der Waals surface area contributed by atoms with Crippen LogP contribution in [0.5, 0.6) is 0 Å². The predicted molar refractivity (Wildman–Crippen MR) is 85.1 cm³/mol. The van der Waals surface area contributed by atoms with E-state index in [0.29, 0.717) is 0 Å². The van der Waals surface area contributed by atoms with Crippen molar-refractivity contribution in [1.29, 1.82) is 0 Å². The van der Waals surface area contributed by atoms with Gasteiger partial charge in [0, 0.05) is 22.8 Å². The molecule has 0 spiro atoms. The van der Waals surface area contributed by atoms with E-state index in [-0.39, 0.29) is 11.2 Å². The van der Waals surface area contributed by atoms with Gasteiger partial charge in [0.1, 0.15) is 5.82 Å². The van der Waals surface area contributed by atoms with Crippen molar-refractivity contribution in [2.24, 2.45) is 5.73 Å². The van der Waals surface area contributed by atoms with E-state index in [0.717, 1.165) is 41.1 Å². The highest BCUT2D eigenvalue weighted by molar-refractivity contribution is 7.09. The molecule has 3 rings (SSSR count). The first-order chi connectivity index (χ1) is 9.78. The van der Waals surface area contributed by atoms with E-state index in [1.54, 1.807) is 17.4 Å². The molecule has 1 atom stereocenters. The molecule has 1 aromatic carbocycles. The summed E-state index contributed by atoms with van der Waals surface area (Å²) < 4.78 is 13.3. The monoisotopic (exact) mass is 304 g/mol. The quantitative estimate of drug-likeness (QED) is 0.913. The van der Waals surface area contributed by atoms with Gasteiger partial charge in [0.15, 0.2) is 0 Å². The maximum absolute atomic E-state index is 13.3. The second kappa shape index (κ2) is 4.89. The molecule has 0 aliphatic heterocycles. The zero-order valence-electron chi connectivity index (χ0n) is 12.7. The number of hydrogen-bond acceptors (Lipinski definition) is 3. The normalized spacial score (nSPS) is 21.6. The number of rotatable bonds is 2. The number of nitrogens with two attached hydrogens (primary N) is 1. The third-order valence-corrected chi connectivity index (χ3v) is 5.08. The Hall–Kier alpha value is -1.26. The summed E-state index contributed by atoms with van der Waals surface area (Å²) in [7, 11) is 0. The van der Waals surface area contributed by atoms with Gasteiger partial charge in [-0.2, -0.15) is 0 Å². The van der Waals surface area contributed by atoms with Gasteiger partial charge < -0.3 is 5.73 Å². The molecule has 0 radical (unpaired) electrons. The summed E-state index contributed by atoms with van der Waals surface area (Å²) in [5.41, 5.74) is 9.51. The van der Waals surface area contributed by atoms with Crippen molar-refractivity contribution in [2.75, 3.05) is 0 Å². The van der Waals surface area contributed by atoms with Crippen LogP contribution in [-0.2, 0) is 23.8 Å². The summed E-state index contributed by atoms with van der Waals surface area (Å²) in [5.74, 6) is -0.178. The molecule has 112 valence electrons. The number of aryl methyl sites for hydroxylation is 1. The van der Waals surface area contributed by atoms with E-state index >= 15 is 0 Å². The fourth-order valence-corrected chi connectivity index (χ4v) is 4.08. The second-order valence-electron chi connectivity index (χ2n) is 7.01. The van der Waals surface area contributed by atoms with Crippen LogP contribution in [0.4, 0.5) is 4.39 Å². The average Bonchev–Trinajstić information content (AvgIpc) is 2.95. The van der Waals surface area contributed by atoms with Crippen molar-refractivity contribution in [3.63, 3.8) is 0 Å². The highest BCUT2D eigenvalue weighted by Gasteiger charge is 2.36. The molecular weight excluding hydrogens is 283 g/mol. The van der Waals surface area contributed by atoms with Crippen LogP contribution in [0.25, 0.3) is 0 Å². The van der Waals surface area contributed by atoms with Gasteiger partial charge in [-0.05, 0) is 36.1 Å². The highest BCUT2D eigenvalue weighted by atomic mass is 32.1. The van der Waals surface area contributed by atoms with Crippen LogP contribution in [0.3, 0.4) is 0 Å². The summed E-state index contributed by atoms with van der Waals surface area (Å²) in [6.45, 7) is 6.49. The molecule has 2 nitrogen and oxygen atoms in total. The van der Waals surface area contributed by atoms with Gasteiger partial charge in [-0.25, -0.2) is 9.37 Å². The summed E-state index contributed by atoms with van der Waals surface area (Å²) in [5, 5.41) is 3.19. The summed E-state index contributed by atoms with van der Waals surface area (Å²) >= 11 is 1.67. The number of halogens is 1. The smallest absolute Gasteiger partial charge is 0.123 e. The maximum Gasteiger partial charge on any atom is 0.123 e. The molecule has 1 aliphatic rings. The van der Waals surface area contributed by atoms with Gasteiger partial charge in [0.2, 0.25) is 0 Å². The van der Waals surface area contributed by atoms with Gasteiger partial charge in [-0.3, -0.25) is 0 Å². The van der Waals surface area contributed by atoms with Crippen LogP contribution >= 0.6 is 11.3 Å². The third-order valence-electron chi connectivity index (χ3n) is 4.23. The largest absolute Gasteiger partial charge is 0.321 e. The van der Waals surface area contributed by atoms with Gasteiger partial charge in [0.25, 0.3) is 0 Å². The van der Waals surface area contributed by atoms with Crippen molar-refractivity contribution in [2.45, 2.75) is 51.0 Å². The molecule has 0 fully saturated rings. The van der Waals surface area contributed by atoms with Crippen LogP contribution in [0.15, 0.2) is 23.6 Å². The molecule has 0 bridgehead atoms. The van der Waals surface area contributed by atoms with Gasteiger partial charge in [-0.15, -0.1) is 11.3 Å². The molecule has 0 saturated carbocycles. The minimum absolute atomic E-state index is 0.0627. The van der Waals surface area contributed by atoms with E-state index in [4.69, 9.17) is 10.7 Å². The molecule has 21 heavy (non-hydrogen) atoms. The lowest BCUT2D eigenvalue weighted by molar-refractivity contribution is 0.436. The molecule has 0 saturated heterocycles. The molecule has 1 heterocycles. The number of hydrogen-bond donors (Lipinski definition) is 1. The average molecular weight is 304 g/mol. The Kier molecular flexibility index (Phi) is 3.41. The van der Waals surface area contributed by atoms with Crippen molar-refractivity contribution < 1.29 is 4.39 Å². The van der Waals surface area contributed by atoms with Crippen LogP contribution < -0.4 is 5.73 Å². The van der Waals surface area contributed by atoms with Crippen LogP contribution in [0.1, 0.15) is 49.0 Å². The van der Waals surface area contributed by atoms with E-state index in [9.17, 15) is 4.39 Å². The fourth-order valence-electron chi connectivity index (χ4n) is 2.94. The van der Waals surface area contributed by atoms with Crippen molar-refractivity contribution >= 4 is 11.3 Å². The minimum Gasteiger partial charge on any atom is -0.321 e. The Balaban J connectivity index is 1.88. The summed E-state index contributed by atoms with van der Waals surface area (Å²) in [6, 6.07) is 4.97. The highest BCUT2D eigenvalue weighted by Crippen LogP contribution is 2.38. The molecule has 1 unspecified atom stereocenters. The van der Waals surface area contributed by atoms with E-state index < -0.39 is 5.54 Å². The predicted octanol–water partition coefficient (Wildman–Crippen LogP) is 3.92. The Morgan fingerprint density at radius 2 is 2.14 bits per heavy atom. The Morgan fingerprint density at radius 3 is 2.81 bits per heavy atom. The van der Waals surface area contributed by atoms with E-state index in [1.807, 2.05) is 6.07 Å². The Bertz CT molecular complexity index is 672. The SMILES string of the molecule is CC(C)(C)c1csc(CC2(N)CCc3cc(F)ccc32)n1. The fraction of sp³-hybridized carbons (Fsp3) is 0.471. The molecule has 1 aromatic heterocycles. The van der Waals surface area contributed by atoms with E-state index in [1.165, 1.54) is 6.07 Å². The van der Waals surface area contributed by atoms with Crippen molar-refractivity contribution in [3.8, 4) is 0 Å². The van der Waals surface area contributed by atoms with Crippen molar-refractivity contribution in [1.82, 2.24) is 4.98 Å². The molecule has 4 heteroatoms. The lowest BCUT2D eigenvalue weighted by Gasteiger charge is -2.24. The van der Waals surface area contributed by atoms with Crippen molar-refractivity contribution in [3.05, 3.63) is 51.2 Å². The van der Waals surface area contributed by atoms with Gasteiger partial charge in [0.05, 0.1) is 10.7 Å². The number of nitrogens with zero attached hydrogens (tertiary/aromatic N) is 1. The van der Waals surface area contributed by atoms with E-state index in [2.05, 4.69) is 26.2 Å². The lowest BCUT2D eigenvalue weighted by Crippen LogP contribution is -2.36. The number of benzene rings is 1. The van der Waals surface area contributed by atoms with Crippen LogP contribution in [0, 0.1) is 5.82 Å². The molecule has 2 aromatic rings. The molecule has 0 amide bonds. The number of thiazole rings is 1. The van der Waals surface area contributed by atoms with Crippen LogP contribution in [0.2, 0.25) is 0 Å². The van der Waals surface area contributed by atoms with Gasteiger partial charge in [-0.1, -0.05) is 26.8 Å². The maximum atomic E-state index is 13.3. The first kappa shape index (κ1) is 14.7. The lowest BCUT2D eigenvalue weighted by atomic mass is 9.89. The Labute approximate surface area is 129 Å². The third kappa shape index (κ3) is 2.74. The standard InChI is InChI=1S/C17H21FN2S/c1-16(2,3)14-10-21-15(20-14)9-17(19)7-6-11-8-12(18)4-5-13(11)17/h4-5,8,10H,6-7,9,19H2,1-3H3. The number of fused-ring (bicyclic) bond motifs is 1. The summed E-state index contributed by atoms with van der Waals surface area (Å²) in [4.78, 5) is 4.75. The first-order valence-corrected chi connectivity index (χ1v) is 8.19. The van der Waals surface area contributed by atoms with Crippen LogP contribution in [-0.4, -0.2) is 4.98 Å².